The summed E-state index contributed by atoms with van der Waals surface area (Å²) in [7, 11) is 1.53. The summed E-state index contributed by atoms with van der Waals surface area (Å²) < 4.78 is 33.2. The van der Waals surface area contributed by atoms with E-state index in [0.717, 1.165) is 11.3 Å². The molecule has 0 unspecified atom stereocenters. The lowest BCUT2D eigenvalue weighted by Crippen LogP contribution is -2.40. The first-order valence-electron chi connectivity index (χ1n) is 14.6. The van der Waals surface area contributed by atoms with Crippen LogP contribution in [0.4, 0.5) is 4.39 Å². The minimum Gasteiger partial charge on any atom is -0.493 e. The van der Waals surface area contributed by atoms with Crippen molar-refractivity contribution < 1.29 is 23.4 Å². The number of esters is 1. The largest absolute Gasteiger partial charge is 0.493 e. The molecule has 0 spiro atoms. The number of aromatic nitrogens is 1. The highest BCUT2D eigenvalue weighted by Gasteiger charge is 2.35. The number of para-hydroxylation sites is 1. The number of nitrogens with zero attached hydrogens (tertiary/aromatic N) is 2. The van der Waals surface area contributed by atoms with Crippen LogP contribution in [0.25, 0.3) is 11.8 Å². The number of carbonyl (C=O) groups excluding carboxylic acids is 1. The third-order valence-corrected chi connectivity index (χ3v) is 9.03. The zero-order chi connectivity index (χ0) is 33.1. The van der Waals surface area contributed by atoms with Crippen molar-refractivity contribution in [1.82, 2.24) is 4.57 Å². The molecule has 0 bridgehead atoms. The Kier molecular flexibility index (Phi) is 9.58. The molecule has 1 atom stereocenters. The van der Waals surface area contributed by atoms with Crippen molar-refractivity contribution in [2.75, 3.05) is 13.7 Å². The van der Waals surface area contributed by atoms with Crippen LogP contribution in [0.15, 0.2) is 106 Å². The second-order valence-electron chi connectivity index (χ2n) is 10.4. The van der Waals surface area contributed by atoms with Gasteiger partial charge in [-0.3, -0.25) is 9.36 Å². The Balaban J connectivity index is 1.54. The summed E-state index contributed by atoms with van der Waals surface area (Å²) in [5, 5.41) is 0.960. The van der Waals surface area contributed by atoms with Crippen molar-refractivity contribution in [3.8, 4) is 11.5 Å². The van der Waals surface area contributed by atoms with Crippen LogP contribution in [-0.2, 0) is 16.1 Å². The normalized spacial score (nSPS) is 14.4. The number of thiazole rings is 1. The van der Waals surface area contributed by atoms with Crippen molar-refractivity contribution in [3.05, 3.63) is 154 Å². The van der Waals surface area contributed by atoms with Gasteiger partial charge in [0, 0.05) is 26.7 Å². The Hall–Kier alpha value is -4.70. The molecule has 5 aromatic rings. The number of rotatable bonds is 9. The minimum absolute atomic E-state index is 0.116. The van der Waals surface area contributed by atoms with Gasteiger partial charge in [-0.15, -0.1) is 0 Å². The number of methoxy groups -OCH3 is 1. The molecule has 47 heavy (non-hydrogen) atoms. The smallest absolute Gasteiger partial charge is 0.338 e. The van der Waals surface area contributed by atoms with Gasteiger partial charge in [0.15, 0.2) is 16.3 Å². The molecule has 2 heterocycles. The molecule has 0 amide bonds. The lowest BCUT2D eigenvalue weighted by Gasteiger charge is -2.25. The van der Waals surface area contributed by atoms with Crippen LogP contribution in [-0.4, -0.2) is 24.3 Å². The SMILES string of the molecule is CCOC(=O)C1=C(c2ccccc2)N=c2s/c(=C\c3cccc(OC)c3OCc3ccc(Cl)cc3Cl)c(=O)n2[C@@H]1c1ccc(F)cc1. The van der Waals surface area contributed by atoms with Gasteiger partial charge >= 0.3 is 5.97 Å². The Morgan fingerprint density at radius 2 is 1.79 bits per heavy atom. The van der Waals surface area contributed by atoms with E-state index in [1.165, 1.54) is 23.8 Å². The van der Waals surface area contributed by atoms with Gasteiger partial charge in [0.1, 0.15) is 12.4 Å². The summed E-state index contributed by atoms with van der Waals surface area (Å²) in [6.07, 6.45) is 1.70. The van der Waals surface area contributed by atoms with Crippen LogP contribution < -0.4 is 24.4 Å². The number of hydrogen-bond acceptors (Lipinski definition) is 7. The van der Waals surface area contributed by atoms with E-state index in [0.29, 0.717) is 58.8 Å². The molecule has 0 saturated heterocycles. The fraction of sp³-hybridized carbons (Fsp3) is 0.139. The maximum atomic E-state index is 14.3. The van der Waals surface area contributed by atoms with E-state index >= 15 is 0 Å². The molecule has 0 N–H and O–H groups in total. The quantitative estimate of drug-likeness (QED) is 0.156. The second-order valence-corrected chi connectivity index (χ2v) is 12.2. The van der Waals surface area contributed by atoms with Gasteiger partial charge in [-0.25, -0.2) is 14.2 Å². The molecular formula is C36H27Cl2FN2O5S. The fourth-order valence-corrected chi connectivity index (χ4v) is 6.75. The number of benzene rings is 4. The van der Waals surface area contributed by atoms with Gasteiger partial charge in [-0.05, 0) is 48.9 Å². The van der Waals surface area contributed by atoms with Crippen molar-refractivity contribution in [2.45, 2.75) is 19.6 Å². The summed E-state index contributed by atoms with van der Waals surface area (Å²) in [5.74, 6) is -0.213. The van der Waals surface area contributed by atoms with Crippen LogP contribution in [0.1, 0.15) is 35.2 Å². The highest BCUT2D eigenvalue weighted by Crippen LogP contribution is 2.36. The molecule has 6 rings (SSSR count). The number of ether oxygens (including phenoxy) is 3. The van der Waals surface area contributed by atoms with E-state index in [4.69, 9.17) is 42.4 Å². The second kappa shape index (κ2) is 14.0. The molecular weight excluding hydrogens is 662 g/mol. The van der Waals surface area contributed by atoms with Crippen LogP contribution in [0.2, 0.25) is 10.0 Å². The Bertz CT molecular complexity index is 2180. The topological polar surface area (TPSA) is 79.1 Å². The molecule has 4 aromatic carbocycles. The van der Waals surface area contributed by atoms with Crippen LogP contribution >= 0.6 is 34.5 Å². The van der Waals surface area contributed by atoms with Crippen molar-refractivity contribution in [1.29, 1.82) is 0 Å². The minimum atomic E-state index is -0.934. The van der Waals surface area contributed by atoms with Gasteiger partial charge in [-0.2, -0.15) is 0 Å². The van der Waals surface area contributed by atoms with E-state index in [1.54, 1.807) is 61.5 Å². The predicted octanol–water partition coefficient (Wildman–Crippen LogP) is 6.97. The van der Waals surface area contributed by atoms with Gasteiger partial charge in [-0.1, -0.05) is 95.2 Å². The number of hydrogen-bond donors (Lipinski definition) is 0. The third kappa shape index (κ3) is 6.60. The molecule has 1 aliphatic rings. The first-order chi connectivity index (χ1) is 22.8. The zero-order valence-corrected chi connectivity index (χ0v) is 27.5. The van der Waals surface area contributed by atoms with Crippen molar-refractivity contribution in [2.24, 2.45) is 4.99 Å². The maximum Gasteiger partial charge on any atom is 0.338 e. The molecule has 0 radical (unpaired) electrons. The monoisotopic (exact) mass is 688 g/mol. The Morgan fingerprint density at radius 1 is 1.02 bits per heavy atom. The summed E-state index contributed by atoms with van der Waals surface area (Å²) in [6, 6.07) is 24.5. The first-order valence-corrected chi connectivity index (χ1v) is 16.1. The molecule has 0 saturated carbocycles. The highest BCUT2D eigenvalue weighted by atomic mass is 35.5. The summed E-state index contributed by atoms with van der Waals surface area (Å²) in [4.78, 5) is 33.1. The molecule has 0 fully saturated rings. The van der Waals surface area contributed by atoms with Gasteiger partial charge in [0.2, 0.25) is 0 Å². The lowest BCUT2D eigenvalue weighted by molar-refractivity contribution is -0.138. The molecule has 0 aliphatic carbocycles. The highest BCUT2D eigenvalue weighted by molar-refractivity contribution is 7.07. The molecule has 1 aliphatic heterocycles. The van der Waals surface area contributed by atoms with Gasteiger partial charge in [0.05, 0.1) is 35.6 Å². The fourth-order valence-electron chi connectivity index (χ4n) is 5.29. The van der Waals surface area contributed by atoms with E-state index in [9.17, 15) is 14.0 Å². The van der Waals surface area contributed by atoms with E-state index in [2.05, 4.69) is 0 Å². The zero-order valence-electron chi connectivity index (χ0n) is 25.2. The van der Waals surface area contributed by atoms with Gasteiger partial charge < -0.3 is 14.2 Å². The molecule has 238 valence electrons. The van der Waals surface area contributed by atoms with Crippen molar-refractivity contribution in [3.63, 3.8) is 0 Å². The van der Waals surface area contributed by atoms with Gasteiger partial charge in [0.25, 0.3) is 5.56 Å². The average Bonchev–Trinajstić information content (AvgIpc) is 3.38. The Labute approximate surface area is 283 Å². The maximum absolute atomic E-state index is 14.3. The third-order valence-electron chi connectivity index (χ3n) is 7.46. The number of carbonyl (C=O) groups is 1. The van der Waals surface area contributed by atoms with E-state index in [1.807, 2.05) is 30.3 Å². The van der Waals surface area contributed by atoms with E-state index in [-0.39, 0.29) is 18.8 Å². The number of fused-ring (bicyclic) bond motifs is 1. The summed E-state index contributed by atoms with van der Waals surface area (Å²) in [5.41, 5.74) is 2.63. The molecule has 11 heteroatoms. The summed E-state index contributed by atoms with van der Waals surface area (Å²) in [6.45, 7) is 1.94. The standard InChI is InChI=1S/C36H27Cl2FN2O5S/c1-3-45-35(43)30-31(21-8-5-4-6-9-21)40-36-41(32(30)22-13-16-26(39)17-14-22)34(42)29(47-36)18-23-10-7-11-28(44-2)33(23)46-20-24-12-15-25(37)19-27(24)38/h4-19,32H,3,20H2,1-2H3/b29-18-/t32-/m1/s1. The molecule has 1 aromatic heterocycles. The summed E-state index contributed by atoms with van der Waals surface area (Å²) >= 11 is 13.6. The predicted molar refractivity (Wildman–Crippen MR) is 181 cm³/mol. The van der Waals surface area contributed by atoms with Crippen LogP contribution in [0.3, 0.4) is 0 Å². The average molecular weight is 690 g/mol. The van der Waals surface area contributed by atoms with Crippen molar-refractivity contribution >= 4 is 52.3 Å². The molecule has 7 nitrogen and oxygen atoms in total. The van der Waals surface area contributed by atoms with Crippen LogP contribution in [0.5, 0.6) is 11.5 Å². The lowest BCUT2D eigenvalue weighted by atomic mass is 9.93. The Morgan fingerprint density at radius 3 is 2.49 bits per heavy atom. The van der Waals surface area contributed by atoms with E-state index < -0.39 is 23.4 Å². The number of halogens is 3. The first kappa shape index (κ1) is 32.2. The van der Waals surface area contributed by atoms with Crippen LogP contribution in [0, 0.1) is 5.82 Å².